The molecule has 0 aliphatic carbocycles. The van der Waals surface area contributed by atoms with Gasteiger partial charge in [-0.1, -0.05) is 18.6 Å². The Labute approximate surface area is 123 Å². The highest BCUT2D eigenvalue weighted by Gasteiger charge is 2.15. The van der Waals surface area contributed by atoms with E-state index in [2.05, 4.69) is 30.4 Å². The van der Waals surface area contributed by atoms with Crippen LogP contribution < -0.4 is 10.1 Å². The number of ether oxygens (including phenoxy) is 1. The molecule has 3 nitrogen and oxygen atoms in total. The zero-order valence-electron chi connectivity index (χ0n) is 13.1. The van der Waals surface area contributed by atoms with E-state index in [4.69, 9.17) is 10.00 Å². The summed E-state index contributed by atoms with van der Waals surface area (Å²) < 4.78 is 5.16. The normalized spacial score (nSPS) is 12.8. The van der Waals surface area contributed by atoms with Crippen molar-refractivity contribution in [2.75, 3.05) is 13.7 Å². The van der Waals surface area contributed by atoms with Crippen molar-refractivity contribution in [1.29, 1.82) is 5.26 Å². The molecule has 1 rings (SSSR count). The van der Waals surface area contributed by atoms with Crippen LogP contribution in [-0.2, 0) is 0 Å². The summed E-state index contributed by atoms with van der Waals surface area (Å²) in [4.78, 5) is 0. The quantitative estimate of drug-likeness (QED) is 0.727. The zero-order valence-corrected chi connectivity index (χ0v) is 13.1. The highest BCUT2D eigenvalue weighted by atomic mass is 16.5. The number of nitrogens with one attached hydrogen (secondary N) is 1. The van der Waals surface area contributed by atoms with E-state index in [0.29, 0.717) is 6.04 Å². The Morgan fingerprint density at radius 2 is 1.90 bits per heavy atom. The van der Waals surface area contributed by atoms with Crippen LogP contribution in [-0.4, -0.2) is 13.7 Å². The third-order valence-corrected chi connectivity index (χ3v) is 3.60. The summed E-state index contributed by atoms with van der Waals surface area (Å²) in [5, 5.41) is 12.5. The predicted molar refractivity (Wildman–Crippen MR) is 82.7 cm³/mol. The number of nitriles is 1. The molecule has 0 aliphatic rings. The van der Waals surface area contributed by atoms with Crippen molar-refractivity contribution in [2.24, 2.45) is 5.41 Å². The smallest absolute Gasteiger partial charge is 0.118 e. The van der Waals surface area contributed by atoms with Crippen LogP contribution in [0.4, 0.5) is 0 Å². The fourth-order valence-electron chi connectivity index (χ4n) is 2.08. The maximum Gasteiger partial charge on any atom is 0.118 e. The lowest BCUT2D eigenvalue weighted by Gasteiger charge is -2.17. The number of methoxy groups -OCH3 is 1. The van der Waals surface area contributed by atoms with Gasteiger partial charge in [-0.2, -0.15) is 5.26 Å². The Morgan fingerprint density at radius 1 is 1.25 bits per heavy atom. The van der Waals surface area contributed by atoms with Crippen molar-refractivity contribution < 1.29 is 4.74 Å². The Kier molecular flexibility index (Phi) is 6.54. The summed E-state index contributed by atoms with van der Waals surface area (Å²) in [6.07, 6.45) is 3.15. The molecule has 0 spiro atoms. The van der Waals surface area contributed by atoms with Crippen LogP contribution in [0.3, 0.4) is 0 Å². The summed E-state index contributed by atoms with van der Waals surface area (Å²) >= 11 is 0. The largest absolute Gasteiger partial charge is 0.497 e. The minimum Gasteiger partial charge on any atom is -0.497 e. The van der Waals surface area contributed by atoms with Crippen LogP contribution in [0.5, 0.6) is 5.75 Å². The topological polar surface area (TPSA) is 45.0 Å². The van der Waals surface area contributed by atoms with Gasteiger partial charge in [-0.3, -0.25) is 0 Å². The second-order valence-electron chi connectivity index (χ2n) is 5.90. The van der Waals surface area contributed by atoms with Crippen LogP contribution in [0.15, 0.2) is 24.3 Å². The lowest BCUT2D eigenvalue weighted by Crippen LogP contribution is -2.20. The highest BCUT2D eigenvalue weighted by molar-refractivity contribution is 5.28. The summed E-state index contributed by atoms with van der Waals surface area (Å²) in [6, 6.07) is 10.8. The Hall–Kier alpha value is -1.53. The molecule has 0 amide bonds. The SMILES string of the molecule is COc1ccc(C(C)NCCCCC(C)(C)C#N)cc1. The minimum absolute atomic E-state index is 0.193. The van der Waals surface area contributed by atoms with Crippen LogP contribution in [0, 0.1) is 16.7 Å². The second-order valence-corrected chi connectivity index (χ2v) is 5.90. The van der Waals surface area contributed by atoms with Gasteiger partial charge in [-0.25, -0.2) is 0 Å². The molecule has 0 fully saturated rings. The highest BCUT2D eigenvalue weighted by Crippen LogP contribution is 2.21. The number of rotatable bonds is 8. The van der Waals surface area contributed by atoms with Crippen molar-refractivity contribution in [3.63, 3.8) is 0 Å². The number of unbranched alkanes of at least 4 members (excludes halogenated alkanes) is 1. The lowest BCUT2D eigenvalue weighted by atomic mass is 9.89. The molecule has 0 bridgehead atoms. The standard InChI is InChI=1S/C17H26N2O/c1-14(15-7-9-16(20-4)10-8-15)19-12-6-5-11-17(2,3)13-18/h7-10,14,19H,5-6,11-12H2,1-4H3. The maximum atomic E-state index is 8.95. The third kappa shape index (κ3) is 5.63. The van der Waals surface area contributed by atoms with Crippen LogP contribution >= 0.6 is 0 Å². The van der Waals surface area contributed by atoms with Crippen molar-refractivity contribution >= 4 is 0 Å². The first-order valence-electron chi connectivity index (χ1n) is 7.27. The number of benzene rings is 1. The second kappa shape index (κ2) is 7.91. The number of hydrogen-bond acceptors (Lipinski definition) is 3. The average molecular weight is 274 g/mol. The summed E-state index contributed by atoms with van der Waals surface area (Å²) in [7, 11) is 1.68. The average Bonchev–Trinajstić information content (AvgIpc) is 2.46. The fraction of sp³-hybridized carbons (Fsp3) is 0.588. The van der Waals surface area contributed by atoms with Gasteiger partial charge in [0.2, 0.25) is 0 Å². The van der Waals surface area contributed by atoms with Crippen molar-refractivity contribution in [1.82, 2.24) is 5.32 Å². The summed E-state index contributed by atoms with van der Waals surface area (Å²) in [5.41, 5.74) is 1.07. The van der Waals surface area contributed by atoms with E-state index in [-0.39, 0.29) is 5.41 Å². The van der Waals surface area contributed by atoms with Crippen LogP contribution in [0.1, 0.15) is 51.6 Å². The van der Waals surface area contributed by atoms with Crippen LogP contribution in [0.25, 0.3) is 0 Å². The maximum absolute atomic E-state index is 8.95. The molecular formula is C17H26N2O. The van der Waals surface area contributed by atoms with E-state index < -0.39 is 0 Å². The molecule has 1 aromatic carbocycles. The summed E-state index contributed by atoms with van der Waals surface area (Å²) in [6.45, 7) is 7.15. The molecule has 3 heteroatoms. The molecule has 1 atom stereocenters. The van der Waals surface area contributed by atoms with Gasteiger partial charge >= 0.3 is 0 Å². The van der Waals surface area contributed by atoms with E-state index in [1.54, 1.807) is 7.11 Å². The van der Waals surface area contributed by atoms with Crippen LogP contribution in [0.2, 0.25) is 0 Å². The molecule has 0 heterocycles. The molecule has 20 heavy (non-hydrogen) atoms. The van der Waals surface area contributed by atoms with E-state index in [0.717, 1.165) is 31.6 Å². The Bertz CT molecular complexity index is 431. The van der Waals surface area contributed by atoms with Gasteiger partial charge < -0.3 is 10.1 Å². The van der Waals surface area contributed by atoms with Gasteiger partial charge in [0, 0.05) is 6.04 Å². The molecule has 0 radical (unpaired) electrons. The minimum atomic E-state index is -0.193. The molecule has 1 unspecified atom stereocenters. The predicted octanol–water partition coefficient (Wildman–Crippen LogP) is 4.07. The molecule has 1 N–H and O–H groups in total. The van der Waals surface area contributed by atoms with E-state index in [1.807, 2.05) is 26.0 Å². The molecular weight excluding hydrogens is 248 g/mol. The van der Waals surface area contributed by atoms with E-state index in [1.165, 1.54) is 5.56 Å². The zero-order chi connectivity index (χ0) is 15.0. The number of hydrogen-bond donors (Lipinski definition) is 1. The van der Waals surface area contributed by atoms with Crippen molar-refractivity contribution in [3.05, 3.63) is 29.8 Å². The third-order valence-electron chi connectivity index (χ3n) is 3.60. The van der Waals surface area contributed by atoms with Gasteiger partial charge in [0.25, 0.3) is 0 Å². The lowest BCUT2D eigenvalue weighted by molar-refractivity contribution is 0.413. The monoisotopic (exact) mass is 274 g/mol. The van der Waals surface area contributed by atoms with Gasteiger partial charge in [-0.05, 0) is 57.9 Å². The molecule has 0 aliphatic heterocycles. The molecule has 0 aromatic heterocycles. The first-order chi connectivity index (χ1) is 9.48. The van der Waals surface area contributed by atoms with Gasteiger partial charge in [-0.15, -0.1) is 0 Å². The first kappa shape index (κ1) is 16.5. The Balaban J connectivity index is 2.26. The fourth-order valence-corrected chi connectivity index (χ4v) is 2.08. The van der Waals surface area contributed by atoms with Gasteiger partial charge in [0.05, 0.1) is 18.6 Å². The molecule has 110 valence electrons. The van der Waals surface area contributed by atoms with Gasteiger partial charge in [0.1, 0.15) is 5.75 Å². The molecule has 0 saturated carbocycles. The first-order valence-corrected chi connectivity index (χ1v) is 7.27. The van der Waals surface area contributed by atoms with Crippen molar-refractivity contribution in [2.45, 2.75) is 46.1 Å². The van der Waals surface area contributed by atoms with E-state index in [9.17, 15) is 0 Å². The summed E-state index contributed by atoms with van der Waals surface area (Å²) in [5.74, 6) is 0.889. The molecule has 1 aromatic rings. The molecule has 0 saturated heterocycles. The van der Waals surface area contributed by atoms with Gasteiger partial charge in [0.15, 0.2) is 0 Å². The van der Waals surface area contributed by atoms with E-state index >= 15 is 0 Å². The number of nitrogens with zero attached hydrogens (tertiary/aromatic N) is 1. The van der Waals surface area contributed by atoms with Crippen molar-refractivity contribution in [3.8, 4) is 11.8 Å². The Morgan fingerprint density at radius 3 is 2.45 bits per heavy atom.